The summed E-state index contributed by atoms with van der Waals surface area (Å²) in [5.74, 6) is 0.529. The Morgan fingerprint density at radius 1 is 1.14 bits per heavy atom. The Labute approximate surface area is 180 Å². The van der Waals surface area contributed by atoms with Crippen molar-refractivity contribution in [3.63, 3.8) is 0 Å². The molecule has 0 spiro atoms. The average Bonchev–Trinajstić information content (AvgIpc) is 2.71. The predicted octanol–water partition coefficient (Wildman–Crippen LogP) is 3.92. The molecule has 1 aromatic carbocycles. The van der Waals surface area contributed by atoms with E-state index in [-0.39, 0.29) is 17.8 Å². The van der Waals surface area contributed by atoms with Crippen LogP contribution in [0.25, 0.3) is 0 Å². The van der Waals surface area contributed by atoms with Crippen molar-refractivity contribution in [1.82, 2.24) is 14.9 Å². The summed E-state index contributed by atoms with van der Waals surface area (Å²) in [6.07, 6.45) is 4.66. The molecule has 1 saturated carbocycles. The first-order valence-electron chi connectivity index (χ1n) is 9.79. The van der Waals surface area contributed by atoms with Crippen molar-refractivity contribution in [3.8, 4) is 11.9 Å². The number of rotatable bonds is 5. The molecule has 2 unspecified atom stereocenters. The lowest BCUT2D eigenvalue weighted by atomic mass is 9.63. The fourth-order valence-electron chi connectivity index (χ4n) is 4.89. The minimum atomic E-state index is -1.01. The first-order valence-corrected chi connectivity index (χ1v) is 10.6. The van der Waals surface area contributed by atoms with E-state index in [1.807, 2.05) is 18.2 Å². The van der Waals surface area contributed by atoms with Gasteiger partial charge in [0.2, 0.25) is 5.88 Å². The van der Waals surface area contributed by atoms with Crippen LogP contribution in [-0.2, 0) is 12.1 Å². The number of piperidine rings is 1. The van der Waals surface area contributed by atoms with Gasteiger partial charge in [0.05, 0.1) is 29.8 Å². The van der Waals surface area contributed by atoms with Gasteiger partial charge in [-0.3, -0.25) is 4.90 Å². The summed E-state index contributed by atoms with van der Waals surface area (Å²) in [5, 5.41) is 13.0. The molecule has 1 N–H and O–H groups in total. The van der Waals surface area contributed by atoms with E-state index in [9.17, 15) is 5.11 Å². The van der Waals surface area contributed by atoms with Crippen molar-refractivity contribution in [2.45, 2.75) is 31.4 Å². The highest BCUT2D eigenvalue weighted by molar-refractivity contribution is 6.42. The summed E-state index contributed by atoms with van der Waals surface area (Å²) < 4.78 is 10.6. The van der Waals surface area contributed by atoms with Crippen molar-refractivity contribution in [1.29, 1.82) is 0 Å². The highest BCUT2D eigenvalue weighted by Gasteiger charge is 2.53. The number of hydrogen-bond donors (Lipinski definition) is 1. The van der Waals surface area contributed by atoms with Crippen LogP contribution >= 0.6 is 23.2 Å². The van der Waals surface area contributed by atoms with Crippen molar-refractivity contribution in [3.05, 3.63) is 45.6 Å². The number of likely N-dealkylation sites (tertiary alicyclic amines) is 1. The molecule has 6 nitrogen and oxygen atoms in total. The molecule has 2 heterocycles. The average molecular weight is 438 g/mol. The Hall–Kier alpha value is -1.60. The number of nitrogens with zero attached hydrogens (tertiary/aromatic N) is 3. The Morgan fingerprint density at radius 2 is 1.86 bits per heavy atom. The molecule has 0 amide bonds. The number of methoxy groups -OCH3 is 2. The lowest BCUT2D eigenvalue weighted by molar-refractivity contribution is -0.149. The first-order chi connectivity index (χ1) is 14.0. The van der Waals surface area contributed by atoms with Crippen LogP contribution in [0.2, 0.25) is 10.0 Å². The lowest BCUT2D eigenvalue weighted by Gasteiger charge is -2.53. The Bertz CT molecular complexity index is 881. The molecule has 2 fully saturated rings. The Kier molecular flexibility index (Phi) is 5.89. The number of benzene rings is 1. The summed E-state index contributed by atoms with van der Waals surface area (Å²) in [6.45, 7) is 2.33. The maximum Gasteiger partial charge on any atom is 0.319 e. The summed E-state index contributed by atoms with van der Waals surface area (Å²) in [4.78, 5) is 10.9. The smallest absolute Gasteiger partial charge is 0.319 e. The molecule has 2 atom stereocenters. The van der Waals surface area contributed by atoms with Crippen LogP contribution < -0.4 is 9.47 Å². The fraction of sp³-hybridized carbons (Fsp3) is 0.524. The van der Waals surface area contributed by atoms with Gasteiger partial charge in [-0.05, 0) is 30.5 Å². The third-order valence-corrected chi connectivity index (χ3v) is 6.98. The second-order valence-electron chi connectivity index (χ2n) is 7.87. The van der Waals surface area contributed by atoms with E-state index in [2.05, 4.69) is 14.9 Å². The molecule has 1 aliphatic carbocycles. The van der Waals surface area contributed by atoms with Gasteiger partial charge in [0, 0.05) is 37.7 Å². The molecule has 156 valence electrons. The van der Waals surface area contributed by atoms with Crippen molar-refractivity contribution in [2.75, 3.05) is 27.3 Å². The Balaban J connectivity index is 1.60. The summed E-state index contributed by atoms with van der Waals surface area (Å²) in [7, 11) is 3.07. The van der Waals surface area contributed by atoms with E-state index in [4.69, 9.17) is 32.7 Å². The topological polar surface area (TPSA) is 67.7 Å². The number of aromatic nitrogens is 2. The number of aliphatic hydroxyl groups is 1. The van der Waals surface area contributed by atoms with Gasteiger partial charge < -0.3 is 14.6 Å². The monoisotopic (exact) mass is 437 g/mol. The minimum absolute atomic E-state index is 0.0728. The molecule has 0 radical (unpaired) electrons. The summed E-state index contributed by atoms with van der Waals surface area (Å²) in [5.41, 5.74) is 0.766. The molecular weight excluding hydrogens is 413 g/mol. The molecule has 1 saturated heterocycles. The van der Waals surface area contributed by atoms with Crippen molar-refractivity contribution < 1.29 is 14.6 Å². The molecule has 1 aromatic heterocycles. The third-order valence-electron chi connectivity index (χ3n) is 6.24. The van der Waals surface area contributed by atoms with Crippen LogP contribution in [0.15, 0.2) is 24.4 Å². The van der Waals surface area contributed by atoms with Crippen molar-refractivity contribution >= 4 is 23.2 Å². The normalized spacial score (nSPS) is 26.9. The number of fused-ring (bicyclic) bond motifs is 2. The maximum absolute atomic E-state index is 11.9. The van der Waals surface area contributed by atoms with Crippen LogP contribution in [0.3, 0.4) is 0 Å². The molecule has 2 aliphatic rings. The molecule has 4 rings (SSSR count). The Morgan fingerprint density at radius 3 is 2.48 bits per heavy atom. The van der Waals surface area contributed by atoms with Crippen LogP contribution in [0.1, 0.15) is 30.4 Å². The second-order valence-corrected chi connectivity index (χ2v) is 8.69. The third kappa shape index (κ3) is 3.79. The molecule has 2 bridgehead atoms. The maximum atomic E-state index is 11.9. The zero-order chi connectivity index (χ0) is 20.6. The second kappa shape index (κ2) is 8.26. The van der Waals surface area contributed by atoms with E-state index >= 15 is 0 Å². The number of halogens is 2. The molecule has 2 aromatic rings. The van der Waals surface area contributed by atoms with Crippen LogP contribution in [0, 0.1) is 11.8 Å². The zero-order valence-electron chi connectivity index (χ0n) is 16.6. The predicted molar refractivity (Wildman–Crippen MR) is 112 cm³/mol. The van der Waals surface area contributed by atoms with E-state index in [1.165, 1.54) is 7.11 Å². The van der Waals surface area contributed by atoms with Crippen LogP contribution in [-0.4, -0.2) is 47.3 Å². The van der Waals surface area contributed by atoms with E-state index < -0.39 is 5.60 Å². The van der Waals surface area contributed by atoms with Gasteiger partial charge in [-0.15, -0.1) is 0 Å². The SMILES string of the molecule is COc1ncc(C2(O)C3CCCC2CN(Cc2ccc(Cl)c(Cl)c2)C3)c(OC)n1. The molecule has 8 heteroatoms. The van der Waals surface area contributed by atoms with Gasteiger partial charge in [-0.1, -0.05) is 35.7 Å². The van der Waals surface area contributed by atoms with Crippen LogP contribution in [0.5, 0.6) is 11.9 Å². The van der Waals surface area contributed by atoms with Gasteiger partial charge in [0.15, 0.2) is 0 Å². The van der Waals surface area contributed by atoms with Crippen molar-refractivity contribution in [2.24, 2.45) is 11.8 Å². The number of hydrogen-bond acceptors (Lipinski definition) is 6. The summed E-state index contributed by atoms with van der Waals surface area (Å²) in [6, 6.07) is 5.99. The first kappa shape index (κ1) is 20.7. The zero-order valence-corrected chi connectivity index (χ0v) is 18.1. The number of ether oxygens (including phenoxy) is 2. The molecule has 1 aliphatic heterocycles. The van der Waals surface area contributed by atoms with Gasteiger partial charge in [-0.25, -0.2) is 4.98 Å². The van der Waals surface area contributed by atoms with E-state index in [1.54, 1.807) is 13.3 Å². The van der Waals surface area contributed by atoms with Gasteiger partial charge in [0.1, 0.15) is 5.60 Å². The molecular formula is C21H25Cl2N3O3. The quantitative estimate of drug-likeness (QED) is 0.764. The van der Waals surface area contributed by atoms with Gasteiger partial charge in [-0.2, -0.15) is 4.98 Å². The lowest BCUT2D eigenvalue weighted by Crippen LogP contribution is -2.58. The van der Waals surface area contributed by atoms with Gasteiger partial charge >= 0.3 is 6.01 Å². The van der Waals surface area contributed by atoms with E-state index in [0.29, 0.717) is 21.5 Å². The minimum Gasteiger partial charge on any atom is -0.481 e. The molecule has 29 heavy (non-hydrogen) atoms. The fourth-order valence-corrected chi connectivity index (χ4v) is 5.21. The standard InChI is InChI=1S/C21H25Cl2N3O3/c1-28-19-16(9-24-20(25-19)29-2)21(27)14-4-3-5-15(21)12-26(11-14)10-13-6-7-17(22)18(23)8-13/h6-9,14-15,27H,3-5,10-12H2,1-2H3. The summed E-state index contributed by atoms with van der Waals surface area (Å²) >= 11 is 12.2. The van der Waals surface area contributed by atoms with Gasteiger partial charge in [0.25, 0.3) is 0 Å². The van der Waals surface area contributed by atoms with Crippen LogP contribution in [0.4, 0.5) is 0 Å². The highest BCUT2D eigenvalue weighted by Crippen LogP contribution is 2.51. The largest absolute Gasteiger partial charge is 0.481 e. The van der Waals surface area contributed by atoms with E-state index in [0.717, 1.165) is 44.5 Å². The highest BCUT2D eigenvalue weighted by atomic mass is 35.5.